The highest BCUT2D eigenvalue weighted by atomic mass is 35.5. The van der Waals surface area contributed by atoms with Crippen molar-refractivity contribution in [2.45, 2.75) is 13.8 Å². The zero-order chi connectivity index (χ0) is 14.0. The largest absolute Gasteiger partial charge is 0.478 e. The zero-order valence-corrected chi connectivity index (χ0v) is 11.4. The normalized spacial score (nSPS) is 10.3. The average Bonchev–Trinajstić information content (AvgIpc) is 2.32. The van der Waals surface area contributed by atoms with Gasteiger partial charge >= 0.3 is 5.97 Å². The number of carboxylic acids is 1. The number of aryl methyl sites for hydroxylation is 2. The first kappa shape index (κ1) is 13.4. The molecular formula is C15H13ClO3. The molecule has 0 aliphatic heterocycles. The lowest BCUT2D eigenvalue weighted by atomic mass is 10.1. The van der Waals surface area contributed by atoms with E-state index in [1.54, 1.807) is 24.3 Å². The molecule has 0 spiro atoms. The predicted molar refractivity (Wildman–Crippen MR) is 74.4 cm³/mol. The Labute approximate surface area is 116 Å². The summed E-state index contributed by atoms with van der Waals surface area (Å²) in [6, 6.07) is 10.3. The quantitative estimate of drug-likeness (QED) is 0.901. The number of carboxylic acid groups (broad SMARTS) is 1. The molecule has 2 rings (SSSR count). The summed E-state index contributed by atoms with van der Waals surface area (Å²) in [5, 5.41) is 9.59. The number of hydrogen-bond donors (Lipinski definition) is 1. The van der Waals surface area contributed by atoms with Gasteiger partial charge in [-0.2, -0.15) is 0 Å². The fourth-order valence-electron chi connectivity index (χ4n) is 1.70. The fraction of sp³-hybridized carbons (Fsp3) is 0.133. The van der Waals surface area contributed by atoms with Gasteiger partial charge in [0.2, 0.25) is 0 Å². The highest BCUT2D eigenvalue weighted by Crippen LogP contribution is 2.32. The van der Waals surface area contributed by atoms with Crippen molar-refractivity contribution in [3.63, 3.8) is 0 Å². The standard InChI is InChI=1S/C15H13ClO3/c1-9-4-6-13(12(16)7-9)19-14-8-10(2)3-5-11(14)15(17)18/h3-8H,1-2H3,(H,17,18). The van der Waals surface area contributed by atoms with Crippen LogP contribution >= 0.6 is 11.6 Å². The van der Waals surface area contributed by atoms with E-state index in [1.165, 1.54) is 6.07 Å². The summed E-state index contributed by atoms with van der Waals surface area (Å²) in [5.74, 6) is -0.295. The Balaban J connectivity index is 2.42. The van der Waals surface area contributed by atoms with Crippen molar-refractivity contribution in [1.29, 1.82) is 0 Å². The van der Waals surface area contributed by atoms with Crippen LogP contribution in [0.25, 0.3) is 0 Å². The van der Waals surface area contributed by atoms with E-state index in [0.29, 0.717) is 16.5 Å². The second-order valence-corrected chi connectivity index (χ2v) is 4.75. The second kappa shape index (κ2) is 5.33. The molecule has 0 aromatic heterocycles. The summed E-state index contributed by atoms with van der Waals surface area (Å²) in [7, 11) is 0. The van der Waals surface area contributed by atoms with Gasteiger partial charge in [0.1, 0.15) is 17.1 Å². The van der Waals surface area contributed by atoms with E-state index in [9.17, 15) is 4.79 Å². The molecule has 2 aromatic rings. The molecule has 19 heavy (non-hydrogen) atoms. The molecule has 2 aromatic carbocycles. The van der Waals surface area contributed by atoms with Gasteiger partial charge in [0.15, 0.2) is 0 Å². The Morgan fingerprint density at radius 2 is 1.68 bits per heavy atom. The minimum atomic E-state index is -1.03. The van der Waals surface area contributed by atoms with Crippen LogP contribution in [-0.2, 0) is 0 Å². The van der Waals surface area contributed by atoms with E-state index in [2.05, 4.69) is 0 Å². The van der Waals surface area contributed by atoms with Gasteiger partial charge in [0.05, 0.1) is 5.02 Å². The molecule has 0 bridgehead atoms. The number of carbonyl (C=O) groups is 1. The fourth-order valence-corrected chi connectivity index (χ4v) is 1.97. The number of benzene rings is 2. The Kier molecular flexibility index (Phi) is 3.76. The highest BCUT2D eigenvalue weighted by molar-refractivity contribution is 6.32. The van der Waals surface area contributed by atoms with Gasteiger partial charge in [-0.3, -0.25) is 0 Å². The Hall–Kier alpha value is -2.00. The van der Waals surface area contributed by atoms with Crippen molar-refractivity contribution in [2.24, 2.45) is 0 Å². The topological polar surface area (TPSA) is 46.5 Å². The summed E-state index contributed by atoms with van der Waals surface area (Å²) in [5.41, 5.74) is 2.05. The summed E-state index contributed by atoms with van der Waals surface area (Å²) in [6.07, 6.45) is 0. The van der Waals surface area contributed by atoms with Gasteiger partial charge in [-0.15, -0.1) is 0 Å². The maximum absolute atomic E-state index is 11.1. The molecule has 0 amide bonds. The maximum Gasteiger partial charge on any atom is 0.339 e. The van der Waals surface area contributed by atoms with Crippen LogP contribution in [0.3, 0.4) is 0 Å². The third kappa shape index (κ3) is 3.06. The molecule has 0 radical (unpaired) electrons. The summed E-state index contributed by atoms with van der Waals surface area (Å²) < 4.78 is 5.62. The number of ether oxygens (including phenoxy) is 1. The maximum atomic E-state index is 11.1. The lowest BCUT2D eigenvalue weighted by molar-refractivity contribution is 0.0694. The molecule has 0 fully saturated rings. The lowest BCUT2D eigenvalue weighted by Gasteiger charge is -2.11. The Bertz CT molecular complexity index is 635. The average molecular weight is 277 g/mol. The molecule has 4 heteroatoms. The predicted octanol–water partition coefficient (Wildman–Crippen LogP) is 4.45. The van der Waals surface area contributed by atoms with Gasteiger partial charge < -0.3 is 9.84 Å². The Morgan fingerprint density at radius 3 is 2.32 bits per heavy atom. The van der Waals surface area contributed by atoms with Gasteiger partial charge in [0, 0.05) is 0 Å². The molecule has 0 atom stereocenters. The van der Waals surface area contributed by atoms with Crippen molar-refractivity contribution in [2.75, 3.05) is 0 Å². The third-order valence-corrected chi connectivity index (χ3v) is 2.97. The van der Waals surface area contributed by atoms with Crippen LogP contribution in [0.1, 0.15) is 21.5 Å². The number of halogens is 1. The zero-order valence-electron chi connectivity index (χ0n) is 10.6. The molecule has 0 saturated carbocycles. The van der Waals surface area contributed by atoms with Crippen LogP contribution in [0.5, 0.6) is 11.5 Å². The first-order valence-corrected chi connectivity index (χ1v) is 6.13. The van der Waals surface area contributed by atoms with Gasteiger partial charge in [-0.05, 0) is 49.2 Å². The lowest BCUT2D eigenvalue weighted by Crippen LogP contribution is -2.00. The van der Waals surface area contributed by atoms with E-state index in [-0.39, 0.29) is 5.56 Å². The summed E-state index contributed by atoms with van der Waals surface area (Å²) in [6.45, 7) is 3.79. The minimum absolute atomic E-state index is 0.113. The first-order valence-electron chi connectivity index (χ1n) is 5.75. The third-order valence-electron chi connectivity index (χ3n) is 2.67. The second-order valence-electron chi connectivity index (χ2n) is 4.34. The van der Waals surface area contributed by atoms with Gasteiger partial charge in [0.25, 0.3) is 0 Å². The minimum Gasteiger partial charge on any atom is -0.478 e. The van der Waals surface area contributed by atoms with E-state index in [1.807, 2.05) is 19.9 Å². The van der Waals surface area contributed by atoms with Crippen LogP contribution in [0, 0.1) is 13.8 Å². The van der Waals surface area contributed by atoms with Crippen LogP contribution in [0.2, 0.25) is 5.02 Å². The van der Waals surface area contributed by atoms with Crippen molar-refractivity contribution in [3.8, 4) is 11.5 Å². The van der Waals surface area contributed by atoms with Crippen LogP contribution in [-0.4, -0.2) is 11.1 Å². The SMILES string of the molecule is Cc1ccc(Oc2cc(C)ccc2C(=O)O)c(Cl)c1. The molecule has 1 N–H and O–H groups in total. The Morgan fingerprint density at radius 1 is 1.05 bits per heavy atom. The smallest absolute Gasteiger partial charge is 0.339 e. The summed E-state index contributed by atoms with van der Waals surface area (Å²) in [4.78, 5) is 11.1. The molecule has 0 saturated heterocycles. The molecule has 98 valence electrons. The van der Waals surface area contributed by atoms with E-state index >= 15 is 0 Å². The molecule has 0 unspecified atom stereocenters. The van der Waals surface area contributed by atoms with E-state index < -0.39 is 5.97 Å². The first-order chi connectivity index (χ1) is 8.97. The molecule has 3 nitrogen and oxygen atoms in total. The van der Waals surface area contributed by atoms with Crippen molar-refractivity contribution >= 4 is 17.6 Å². The number of rotatable bonds is 3. The molecule has 0 aliphatic carbocycles. The molecule has 0 aliphatic rings. The van der Waals surface area contributed by atoms with Gasteiger partial charge in [-0.1, -0.05) is 23.7 Å². The number of hydrogen-bond acceptors (Lipinski definition) is 2. The van der Waals surface area contributed by atoms with E-state index in [4.69, 9.17) is 21.4 Å². The van der Waals surface area contributed by atoms with Crippen LogP contribution < -0.4 is 4.74 Å². The number of aromatic carboxylic acids is 1. The summed E-state index contributed by atoms with van der Waals surface area (Å²) >= 11 is 6.08. The van der Waals surface area contributed by atoms with E-state index in [0.717, 1.165) is 11.1 Å². The highest BCUT2D eigenvalue weighted by Gasteiger charge is 2.13. The van der Waals surface area contributed by atoms with Crippen LogP contribution in [0.4, 0.5) is 0 Å². The monoisotopic (exact) mass is 276 g/mol. The molecule has 0 heterocycles. The van der Waals surface area contributed by atoms with Crippen molar-refractivity contribution < 1.29 is 14.6 Å². The molecular weight excluding hydrogens is 264 g/mol. The van der Waals surface area contributed by atoms with Crippen molar-refractivity contribution in [3.05, 3.63) is 58.1 Å². The van der Waals surface area contributed by atoms with Crippen molar-refractivity contribution in [1.82, 2.24) is 0 Å². The van der Waals surface area contributed by atoms with Gasteiger partial charge in [-0.25, -0.2) is 4.79 Å². The van der Waals surface area contributed by atoms with Crippen LogP contribution in [0.15, 0.2) is 36.4 Å².